The molecule has 0 aliphatic carbocycles. The standard InChI is InChI=1S/C13H11FN2O/c1-9-4-2-3-5-10(9)13(17)16-12-6-7-15-8-11(12)14/h2-8H,1H3,(H,15,16,17). The zero-order chi connectivity index (χ0) is 12.3. The highest BCUT2D eigenvalue weighted by Gasteiger charge is 2.10. The Morgan fingerprint density at radius 1 is 1.29 bits per heavy atom. The molecule has 1 amide bonds. The average Bonchev–Trinajstić information content (AvgIpc) is 2.32. The molecule has 2 rings (SSSR count). The molecule has 0 unspecified atom stereocenters. The Labute approximate surface area is 98.3 Å². The van der Waals surface area contributed by atoms with Crippen molar-refractivity contribution in [1.82, 2.24) is 4.98 Å². The summed E-state index contributed by atoms with van der Waals surface area (Å²) in [7, 11) is 0. The molecular weight excluding hydrogens is 219 g/mol. The lowest BCUT2D eigenvalue weighted by molar-refractivity contribution is 0.102. The Kier molecular flexibility index (Phi) is 3.14. The Bertz CT molecular complexity index is 555. The van der Waals surface area contributed by atoms with Crippen molar-refractivity contribution in [3.8, 4) is 0 Å². The monoisotopic (exact) mass is 230 g/mol. The van der Waals surface area contributed by atoms with Crippen molar-refractivity contribution in [2.75, 3.05) is 5.32 Å². The van der Waals surface area contributed by atoms with E-state index in [0.29, 0.717) is 5.56 Å². The minimum Gasteiger partial charge on any atom is -0.319 e. The zero-order valence-electron chi connectivity index (χ0n) is 9.27. The molecule has 1 N–H and O–H groups in total. The van der Waals surface area contributed by atoms with Gasteiger partial charge in [-0.3, -0.25) is 9.78 Å². The molecule has 1 aromatic heterocycles. The molecule has 0 saturated carbocycles. The van der Waals surface area contributed by atoms with Crippen LogP contribution in [-0.4, -0.2) is 10.9 Å². The van der Waals surface area contributed by atoms with Gasteiger partial charge in [-0.25, -0.2) is 4.39 Å². The van der Waals surface area contributed by atoms with Crippen LogP contribution in [0.15, 0.2) is 42.7 Å². The maximum atomic E-state index is 13.3. The number of benzene rings is 1. The Morgan fingerprint density at radius 3 is 2.76 bits per heavy atom. The van der Waals surface area contributed by atoms with Crippen LogP contribution in [0.1, 0.15) is 15.9 Å². The van der Waals surface area contributed by atoms with Crippen LogP contribution in [0, 0.1) is 12.7 Å². The average molecular weight is 230 g/mol. The van der Waals surface area contributed by atoms with Gasteiger partial charge in [0.25, 0.3) is 5.91 Å². The van der Waals surface area contributed by atoms with Crippen LogP contribution in [0.2, 0.25) is 0 Å². The molecule has 0 aliphatic heterocycles. The summed E-state index contributed by atoms with van der Waals surface area (Å²) in [6.45, 7) is 1.83. The molecule has 0 spiro atoms. The minimum absolute atomic E-state index is 0.133. The molecule has 1 aromatic carbocycles. The predicted molar refractivity (Wildman–Crippen MR) is 63.3 cm³/mol. The largest absolute Gasteiger partial charge is 0.319 e. The van der Waals surface area contributed by atoms with Crippen LogP contribution in [0.25, 0.3) is 0 Å². The SMILES string of the molecule is Cc1ccccc1C(=O)Nc1ccncc1F. The second-order valence-corrected chi connectivity index (χ2v) is 3.62. The first kappa shape index (κ1) is 11.3. The maximum absolute atomic E-state index is 13.3. The molecule has 3 nitrogen and oxygen atoms in total. The van der Waals surface area contributed by atoms with E-state index < -0.39 is 5.82 Å². The van der Waals surface area contributed by atoms with Gasteiger partial charge in [0.2, 0.25) is 0 Å². The van der Waals surface area contributed by atoms with Gasteiger partial charge >= 0.3 is 0 Å². The maximum Gasteiger partial charge on any atom is 0.256 e. The topological polar surface area (TPSA) is 42.0 Å². The number of anilines is 1. The summed E-state index contributed by atoms with van der Waals surface area (Å²) in [4.78, 5) is 15.5. The molecule has 0 fully saturated rings. The number of amides is 1. The second kappa shape index (κ2) is 4.74. The first-order valence-electron chi connectivity index (χ1n) is 5.15. The number of hydrogen-bond acceptors (Lipinski definition) is 2. The van der Waals surface area contributed by atoms with Crippen LogP contribution in [-0.2, 0) is 0 Å². The molecule has 1 heterocycles. The van der Waals surface area contributed by atoms with Gasteiger partial charge in [-0.15, -0.1) is 0 Å². The summed E-state index contributed by atoms with van der Waals surface area (Å²) in [6.07, 6.45) is 2.49. The second-order valence-electron chi connectivity index (χ2n) is 3.62. The Morgan fingerprint density at radius 2 is 2.06 bits per heavy atom. The van der Waals surface area contributed by atoms with Crippen molar-refractivity contribution in [3.63, 3.8) is 0 Å². The molecule has 0 atom stereocenters. The minimum atomic E-state index is -0.547. The Balaban J connectivity index is 2.24. The van der Waals surface area contributed by atoms with E-state index in [4.69, 9.17) is 0 Å². The number of rotatable bonds is 2. The molecule has 0 bridgehead atoms. The first-order chi connectivity index (χ1) is 8.18. The summed E-state index contributed by atoms with van der Waals surface area (Å²) in [5.41, 5.74) is 1.51. The van der Waals surface area contributed by atoms with Gasteiger partial charge in [-0.05, 0) is 24.6 Å². The van der Waals surface area contributed by atoms with E-state index in [1.54, 1.807) is 12.1 Å². The van der Waals surface area contributed by atoms with Gasteiger partial charge in [0, 0.05) is 11.8 Å². The van der Waals surface area contributed by atoms with Crippen molar-refractivity contribution < 1.29 is 9.18 Å². The first-order valence-corrected chi connectivity index (χ1v) is 5.15. The third kappa shape index (κ3) is 2.47. The fraction of sp³-hybridized carbons (Fsp3) is 0.0769. The van der Waals surface area contributed by atoms with Gasteiger partial charge < -0.3 is 5.32 Å². The van der Waals surface area contributed by atoms with Crippen LogP contribution >= 0.6 is 0 Å². The lowest BCUT2D eigenvalue weighted by Crippen LogP contribution is -2.14. The van der Waals surface area contributed by atoms with Crippen molar-refractivity contribution >= 4 is 11.6 Å². The molecular formula is C13H11FN2O. The van der Waals surface area contributed by atoms with Crippen molar-refractivity contribution in [1.29, 1.82) is 0 Å². The van der Waals surface area contributed by atoms with Crippen molar-refractivity contribution in [2.24, 2.45) is 0 Å². The van der Waals surface area contributed by atoms with E-state index in [9.17, 15) is 9.18 Å². The molecule has 4 heteroatoms. The van der Waals surface area contributed by atoms with Gasteiger partial charge in [-0.1, -0.05) is 18.2 Å². The number of hydrogen-bond donors (Lipinski definition) is 1. The van der Waals surface area contributed by atoms with E-state index in [0.717, 1.165) is 11.8 Å². The predicted octanol–water partition coefficient (Wildman–Crippen LogP) is 2.78. The normalized spacial score (nSPS) is 10.0. The molecule has 86 valence electrons. The molecule has 0 aliphatic rings. The van der Waals surface area contributed by atoms with E-state index in [2.05, 4.69) is 10.3 Å². The molecule has 2 aromatic rings. The number of aryl methyl sites for hydroxylation is 1. The van der Waals surface area contributed by atoms with Crippen LogP contribution in [0.3, 0.4) is 0 Å². The number of aromatic nitrogens is 1. The third-order valence-electron chi connectivity index (χ3n) is 2.41. The zero-order valence-corrected chi connectivity index (χ0v) is 9.27. The van der Waals surface area contributed by atoms with Gasteiger partial charge in [0.15, 0.2) is 5.82 Å². The Hall–Kier alpha value is -2.23. The van der Waals surface area contributed by atoms with Gasteiger partial charge in [0.1, 0.15) is 0 Å². The van der Waals surface area contributed by atoms with Crippen molar-refractivity contribution in [3.05, 3.63) is 59.7 Å². The van der Waals surface area contributed by atoms with E-state index in [-0.39, 0.29) is 11.6 Å². The summed E-state index contributed by atoms with van der Waals surface area (Å²) < 4.78 is 13.3. The lowest BCUT2D eigenvalue weighted by atomic mass is 10.1. The summed E-state index contributed by atoms with van der Waals surface area (Å²) in [6, 6.07) is 8.57. The van der Waals surface area contributed by atoms with E-state index in [1.807, 2.05) is 19.1 Å². The lowest BCUT2D eigenvalue weighted by Gasteiger charge is -2.07. The highest BCUT2D eigenvalue weighted by Crippen LogP contribution is 2.14. The van der Waals surface area contributed by atoms with Crippen LogP contribution in [0.5, 0.6) is 0 Å². The third-order valence-corrected chi connectivity index (χ3v) is 2.41. The summed E-state index contributed by atoms with van der Waals surface area (Å²) in [5, 5.41) is 2.51. The van der Waals surface area contributed by atoms with E-state index >= 15 is 0 Å². The summed E-state index contributed by atoms with van der Waals surface area (Å²) in [5.74, 6) is -0.873. The summed E-state index contributed by atoms with van der Waals surface area (Å²) >= 11 is 0. The number of halogens is 1. The highest BCUT2D eigenvalue weighted by molar-refractivity contribution is 6.05. The number of nitrogens with one attached hydrogen (secondary N) is 1. The van der Waals surface area contributed by atoms with Crippen LogP contribution in [0.4, 0.5) is 10.1 Å². The molecule has 0 radical (unpaired) electrons. The fourth-order valence-electron chi connectivity index (χ4n) is 1.49. The smallest absolute Gasteiger partial charge is 0.256 e. The van der Waals surface area contributed by atoms with E-state index in [1.165, 1.54) is 12.3 Å². The molecule has 17 heavy (non-hydrogen) atoms. The van der Waals surface area contributed by atoms with Gasteiger partial charge in [-0.2, -0.15) is 0 Å². The molecule has 0 saturated heterocycles. The number of nitrogens with zero attached hydrogens (tertiary/aromatic N) is 1. The highest BCUT2D eigenvalue weighted by atomic mass is 19.1. The quantitative estimate of drug-likeness (QED) is 0.861. The number of pyridine rings is 1. The number of carbonyl (C=O) groups is 1. The van der Waals surface area contributed by atoms with Gasteiger partial charge in [0.05, 0.1) is 11.9 Å². The number of carbonyl (C=O) groups excluding carboxylic acids is 1. The van der Waals surface area contributed by atoms with Crippen molar-refractivity contribution in [2.45, 2.75) is 6.92 Å². The fourth-order valence-corrected chi connectivity index (χ4v) is 1.49. The van der Waals surface area contributed by atoms with Crippen LogP contribution < -0.4 is 5.32 Å².